The minimum atomic E-state index is -0.0713. The number of carbonyl (C=O) groups excluding carboxylic acids is 1. The summed E-state index contributed by atoms with van der Waals surface area (Å²) in [5.41, 5.74) is 3.08. The average Bonchev–Trinajstić information content (AvgIpc) is 3.26. The number of benzene rings is 1. The van der Waals surface area contributed by atoms with E-state index in [0.717, 1.165) is 42.8 Å². The molecular formula is C23H30N6O2. The predicted molar refractivity (Wildman–Crippen MR) is 118 cm³/mol. The number of aromatic nitrogens is 4. The molecule has 0 aliphatic carbocycles. The largest absolute Gasteiger partial charge is 0.496 e. The van der Waals surface area contributed by atoms with E-state index in [0.29, 0.717) is 17.9 Å². The van der Waals surface area contributed by atoms with Gasteiger partial charge in [0, 0.05) is 23.7 Å². The molecule has 0 N–H and O–H groups in total. The Morgan fingerprint density at radius 3 is 2.71 bits per heavy atom. The first-order valence-corrected chi connectivity index (χ1v) is 10.8. The van der Waals surface area contributed by atoms with E-state index in [-0.39, 0.29) is 17.9 Å². The third-order valence-corrected chi connectivity index (χ3v) is 6.06. The van der Waals surface area contributed by atoms with Gasteiger partial charge in [-0.15, -0.1) is 10.2 Å². The lowest BCUT2D eigenvalue weighted by Crippen LogP contribution is -2.46. The molecule has 31 heavy (non-hydrogen) atoms. The molecule has 3 aromatic rings. The van der Waals surface area contributed by atoms with Crippen LogP contribution in [0.5, 0.6) is 5.75 Å². The van der Waals surface area contributed by atoms with E-state index in [9.17, 15) is 4.79 Å². The fourth-order valence-electron chi connectivity index (χ4n) is 4.22. The molecule has 0 atom stereocenters. The van der Waals surface area contributed by atoms with Crippen molar-refractivity contribution in [2.45, 2.75) is 45.2 Å². The second-order valence-electron chi connectivity index (χ2n) is 8.52. The van der Waals surface area contributed by atoms with Gasteiger partial charge in [-0.1, -0.05) is 32.0 Å². The second-order valence-corrected chi connectivity index (χ2v) is 8.52. The van der Waals surface area contributed by atoms with Gasteiger partial charge in [0.25, 0.3) is 5.91 Å². The van der Waals surface area contributed by atoms with Gasteiger partial charge in [-0.25, -0.2) is 0 Å². The van der Waals surface area contributed by atoms with Gasteiger partial charge in [0.1, 0.15) is 17.8 Å². The van der Waals surface area contributed by atoms with E-state index in [4.69, 9.17) is 4.74 Å². The van der Waals surface area contributed by atoms with Crippen LogP contribution < -0.4 is 4.74 Å². The van der Waals surface area contributed by atoms with Crippen molar-refractivity contribution < 1.29 is 9.53 Å². The molecule has 0 saturated carbocycles. The lowest BCUT2D eigenvalue weighted by Gasteiger charge is -2.37. The number of para-hydroxylation sites is 1. The SMILES string of the molecule is COc1ccccc1CN(C(=O)c1cc(C(C)C)c2nncn2n1)C1CCN(C)CC1. The highest BCUT2D eigenvalue weighted by atomic mass is 16.5. The Balaban J connectivity index is 1.72. The van der Waals surface area contributed by atoms with Gasteiger partial charge in [0.15, 0.2) is 5.65 Å². The molecule has 0 spiro atoms. The van der Waals surface area contributed by atoms with Gasteiger partial charge in [0.2, 0.25) is 0 Å². The lowest BCUT2D eigenvalue weighted by atomic mass is 10.0. The summed E-state index contributed by atoms with van der Waals surface area (Å²) in [7, 11) is 3.79. The normalized spacial score (nSPS) is 15.5. The fraction of sp³-hybridized carbons (Fsp3) is 0.478. The zero-order chi connectivity index (χ0) is 22.0. The van der Waals surface area contributed by atoms with Crippen molar-refractivity contribution in [1.82, 2.24) is 29.6 Å². The molecule has 164 valence electrons. The minimum absolute atomic E-state index is 0.0713. The van der Waals surface area contributed by atoms with E-state index in [1.807, 2.05) is 35.2 Å². The maximum atomic E-state index is 13.8. The second kappa shape index (κ2) is 9.01. The highest BCUT2D eigenvalue weighted by Crippen LogP contribution is 2.26. The van der Waals surface area contributed by atoms with Crippen molar-refractivity contribution in [3.8, 4) is 5.75 Å². The van der Waals surface area contributed by atoms with Crippen LogP contribution in [0.4, 0.5) is 0 Å². The number of carbonyl (C=O) groups is 1. The van der Waals surface area contributed by atoms with Crippen molar-refractivity contribution in [1.29, 1.82) is 0 Å². The topological polar surface area (TPSA) is 75.9 Å². The van der Waals surface area contributed by atoms with Crippen LogP contribution in [0.15, 0.2) is 36.7 Å². The molecule has 1 amide bonds. The molecule has 4 rings (SSSR count). The van der Waals surface area contributed by atoms with Crippen LogP contribution in [0.3, 0.4) is 0 Å². The predicted octanol–water partition coefficient (Wildman–Crippen LogP) is 2.99. The Labute approximate surface area is 182 Å². The van der Waals surface area contributed by atoms with E-state index in [1.54, 1.807) is 18.0 Å². The number of methoxy groups -OCH3 is 1. The van der Waals surface area contributed by atoms with E-state index < -0.39 is 0 Å². The quantitative estimate of drug-likeness (QED) is 0.608. The maximum Gasteiger partial charge on any atom is 0.274 e. The van der Waals surface area contributed by atoms with Gasteiger partial charge < -0.3 is 14.5 Å². The molecule has 1 fully saturated rings. The summed E-state index contributed by atoms with van der Waals surface area (Å²) in [4.78, 5) is 18.1. The smallest absolute Gasteiger partial charge is 0.274 e. The summed E-state index contributed by atoms with van der Waals surface area (Å²) in [6.45, 7) is 6.59. The summed E-state index contributed by atoms with van der Waals surface area (Å²) < 4.78 is 7.16. The molecule has 1 saturated heterocycles. The molecule has 3 heterocycles. The van der Waals surface area contributed by atoms with Crippen LogP contribution in [0.25, 0.3) is 5.65 Å². The Morgan fingerprint density at radius 1 is 1.26 bits per heavy atom. The van der Waals surface area contributed by atoms with Crippen molar-refractivity contribution in [2.75, 3.05) is 27.2 Å². The first kappa shape index (κ1) is 21.2. The van der Waals surface area contributed by atoms with Crippen LogP contribution in [-0.4, -0.2) is 68.8 Å². The van der Waals surface area contributed by atoms with Crippen LogP contribution in [0, 0.1) is 0 Å². The monoisotopic (exact) mass is 422 g/mol. The van der Waals surface area contributed by atoms with Crippen LogP contribution in [-0.2, 0) is 6.54 Å². The van der Waals surface area contributed by atoms with Gasteiger partial charge in [-0.2, -0.15) is 9.61 Å². The highest BCUT2D eigenvalue weighted by molar-refractivity contribution is 5.93. The van der Waals surface area contributed by atoms with Crippen LogP contribution in [0.2, 0.25) is 0 Å². The zero-order valence-corrected chi connectivity index (χ0v) is 18.7. The number of ether oxygens (including phenoxy) is 1. The number of hydrogen-bond donors (Lipinski definition) is 0. The molecule has 1 aromatic carbocycles. The van der Waals surface area contributed by atoms with Gasteiger partial charge in [-0.3, -0.25) is 4.79 Å². The first-order valence-electron chi connectivity index (χ1n) is 10.8. The lowest BCUT2D eigenvalue weighted by molar-refractivity contribution is 0.0560. The van der Waals surface area contributed by atoms with Crippen molar-refractivity contribution in [3.63, 3.8) is 0 Å². The minimum Gasteiger partial charge on any atom is -0.496 e. The summed E-state index contributed by atoms with van der Waals surface area (Å²) in [5.74, 6) is 0.920. The summed E-state index contributed by atoms with van der Waals surface area (Å²) in [6.07, 6.45) is 3.42. The molecule has 2 aromatic heterocycles. The number of amides is 1. The zero-order valence-electron chi connectivity index (χ0n) is 18.7. The molecule has 1 aliphatic heterocycles. The van der Waals surface area contributed by atoms with Crippen LogP contribution >= 0.6 is 0 Å². The maximum absolute atomic E-state index is 13.8. The summed E-state index contributed by atoms with van der Waals surface area (Å²) in [5, 5.41) is 12.7. The Kier molecular flexibility index (Phi) is 6.18. The Bertz CT molecular complexity index is 1060. The number of likely N-dealkylation sites (tertiary alicyclic amines) is 1. The third-order valence-electron chi connectivity index (χ3n) is 6.06. The molecule has 0 radical (unpaired) electrons. The standard InChI is InChI=1S/C23H30N6O2/c1-16(2)19-13-20(26-29-15-24-25-22(19)29)23(30)28(18-9-11-27(3)12-10-18)14-17-7-5-6-8-21(17)31-4/h5-8,13,15-16,18H,9-12,14H2,1-4H3. The van der Waals surface area contributed by atoms with Crippen molar-refractivity contribution in [2.24, 2.45) is 0 Å². The van der Waals surface area contributed by atoms with Crippen molar-refractivity contribution in [3.05, 3.63) is 53.5 Å². The van der Waals surface area contributed by atoms with E-state index in [2.05, 4.69) is 41.1 Å². The Hall–Kier alpha value is -3.00. The Morgan fingerprint density at radius 2 is 2.00 bits per heavy atom. The molecule has 0 unspecified atom stereocenters. The molecule has 8 nitrogen and oxygen atoms in total. The van der Waals surface area contributed by atoms with E-state index in [1.165, 1.54) is 0 Å². The first-order chi connectivity index (χ1) is 15.0. The number of nitrogens with zero attached hydrogens (tertiary/aromatic N) is 6. The fourth-order valence-corrected chi connectivity index (χ4v) is 4.22. The highest BCUT2D eigenvalue weighted by Gasteiger charge is 2.30. The van der Waals surface area contributed by atoms with E-state index >= 15 is 0 Å². The summed E-state index contributed by atoms with van der Waals surface area (Å²) >= 11 is 0. The van der Waals surface area contributed by atoms with Gasteiger partial charge in [-0.05, 0) is 51.0 Å². The number of fused-ring (bicyclic) bond motifs is 1. The number of rotatable bonds is 6. The number of hydrogen-bond acceptors (Lipinski definition) is 6. The molecule has 0 bridgehead atoms. The number of piperidine rings is 1. The molecule has 1 aliphatic rings. The molecule has 8 heteroatoms. The average molecular weight is 423 g/mol. The molecular weight excluding hydrogens is 392 g/mol. The third kappa shape index (κ3) is 4.39. The van der Waals surface area contributed by atoms with Crippen molar-refractivity contribution >= 4 is 11.6 Å². The summed E-state index contributed by atoms with van der Waals surface area (Å²) in [6, 6.07) is 9.90. The van der Waals surface area contributed by atoms with Crippen LogP contribution in [0.1, 0.15) is 54.2 Å². The van der Waals surface area contributed by atoms with Gasteiger partial charge in [0.05, 0.1) is 7.11 Å². The van der Waals surface area contributed by atoms with Gasteiger partial charge >= 0.3 is 0 Å².